The molecule has 4 heteroatoms. The van der Waals surface area contributed by atoms with Crippen LogP contribution in [0.3, 0.4) is 0 Å². The van der Waals surface area contributed by atoms with Gasteiger partial charge in [0.1, 0.15) is 6.10 Å². The van der Waals surface area contributed by atoms with Gasteiger partial charge in [0.25, 0.3) is 0 Å². The summed E-state index contributed by atoms with van der Waals surface area (Å²) in [5, 5.41) is 0. The van der Waals surface area contributed by atoms with Gasteiger partial charge in [-0.25, -0.2) is 0 Å². The fourth-order valence-electron chi connectivity index (χ4n) is 3.58. The topological polar surface area (TPSA) is 36.9 Å². The molecule has 0 amide bonds. The van der Waals surface area contributed by atoms with E-state index < -0.39 is 12.1 Å². The van der Waals surface area contributed by atoms with E-state index >= 15 is 0 Å². The van der Waals surface area contributed by atoms with E-state index in [-0.39, 0.29) is 18.1 Å². The first-order valence-electron chi connectivity index (χ1n) is 8.74. The number of hydrogen-bond donors (Lipinski definition) is 0. The third kappa shape index (κ3) is 3.89. The zero-order valence-corrected chi connectivity index (χ0v) is 14.8. The SMILES string of the molecule is C=CCC(C)[C@H]1CO[C@H](OCc2ccccc2)[C@H]2OC(C)(C)OC12. The predicted molar refractivity (Wildman–Crippen MR) is 92.3 cm³/mol. The molecule has 0 saturated carbocycles. The number of benzene rings is 1. The average Bonchev–Trinajstić information content (AvgIpc) is 2.88. The lowest BCUT2D eigenvalue weighted by Crippen LogP contribution is -2.51. The minimum absolute atomic E-state index is 0.00975. The minimum Gasteiger partial charge on any atom is -0.349 e. The predicted octanol–water partition coefficient (Wildman–Crippen LogP) is 3.91. The lowest BCUT2D eigenvalue weighted by molar-refractivity contribution is -0.247. The summed E-state index contributed by atoms with van der Waals surface area (Å²) in [4.78, 5) is 0. The van der Waals surface area contributed by atoms with Crippen LogP contribution >= 0.6 is 0 Å². The molecule has 4 nitrogen and oxygen atoms in total. The van der Waals surface area contributed by atoms with Crippen LogP contribution in [0.25, 0.3) is 0 Å². The van der Waals surface area contributed by atoms with Crippen molar-refractivity contribution in [1.29, 1.82) is 0 Å². The second-order valence-corrected chi connectivity index (χ2v) is 7.23. The molecule has 2 saturated heterocycles. The quantitative estimate of drug-likeness (QED) is 0.740. The van der Waals surface area contributed by atoms with Gasteiger partial charge in [0.15, 0.2) is 12.1 Å². The molecule has 1 aromatic carbocycles. The van der Waals surface area contributed by atoms with Gasteiger partial charge in [-0.3, -0.25) is 0 Å². The van der Waals surface area contributed by atoms with Crippen LogP contribution in [0.5, 0.6) is 0 Å². The Morgan fingerprint density at radius 2 is 1.96 bits per heavy atom. The summed E-state index contributed by atoms with van der Waals surface area (Å²) in [6.45, 7) is 11.1. The van der Waals surface area contributed by atoms with Crippen molar-refractivity contribution in [3.63, 3.8) is 0 Å². The van der Waals surface area contributed by atoms with Crippen molar-refractivity contribution in [2.75, 3.05) is 6.61 Å². The Morgan fingerprint density at radius 3 is 2.67 bits per heavy atom. The maximum Gasteiger partial charge on any atom is 0.186 e. The number of ether oxygens (including phenoxy) is 4. The lowest BCUT2D eigenvalue weighted by Gasteiger charge is -2.39. The highest BCUT2D eigenvalue weighted by atomic mass is 16.8. The van der Waals surface area contributed by atoms with Crippen LogP contribution in [0.1, 0.15) is 32.8 Å². The Balaban J connectivity index is 1.68. The second-order valence-electron chi connectivity index (χ2n) is 7.23. The van der Waals surface area contributed by atoms with Crippen molar-refractivity contribution in [2.24, 2.45) is 11.8 Å². The number of fused-ring (bicyclic) bond motifs is 1. The molecule has 0 bridgehead atoms. The smallest absolute Gasteiger partial charge is 0.186 e. The summed E-state index contributed by atoms with van der Waals surface area (Å²) >= 11 is 0. The fraction of sp³-hybridized carbons (Fsp3) is 0.600. The van der Waals surface area contributed by atoms with Crippen LogP contribution in [0, 0.1) is 11.8 Å². The van der Waals surface area contributed by atoms with Crippen molar-refractivity contribution < 1.29 is 18.9 Å². The van der Waals surface area contributed by atoms with Gasteiger partial charge in [-0.15, -0.1) is 6.58 Å². The standard InChI is InChI=1S/C20H28O4/c1-5-9-14(2)16-13-22-19(18-17(16)23-20(3,4)24-18)21-12-15-10-7-6-8-11-15/h5-8,10-11,14,16-19H,1,9,12-13H2,2-4H3/t14?,16-,17?,18+,19+/m1/s1. The zero-order chi connectivity index (χ0) is 17.2. The van der Waals surface area contributed by atoms with E-state index in [0.29, 0.717) is 19.1 Å². The van der Waals surface area contributed by atoms with E-state index in [1.807, 2.05) is 50.3 Å². The van der Waals surface area contributed by atoms with Gasteiger partial charge in [-0.2, -0.15) is 0 Å². The number of hydrogen-bond acceptors (Lipinski definition) is 4. The molecule has 2 aliphatic heterocycles. The third-order valence-corrected chi connectivity index (χ3v) is 4.83. The van der Waals surface area contributed by atoms with Crippen molar-refractivity contribution in [2.45, 2.75) is 58.1 Å². The monoisotopic (exact) mass is 332 g/mol. The molecule has 132 valence electrons. The maximum absolute atomic E-state index is 6.20. The molecule has 0 aromatic heterocycles. The van der Waals surface area contributed by atoms with Gasteiger partial charge >= 0.3 is 0 Å². The van der Waals surface area contributed by atoms with Crippen LogP contribution in [0.15, 0.2) is 43.0 Å². The van der Waals surface area contributed by atoms with Gasteiger partial charge in [-0.1, -0.05) is 43.3 Å². The highest BCUT2D eigenvalue weighted by Crippen LogP contribution is 2.41. The maximum atomic E-state index is 6.20. The van der Waals surface area contributed by atoms with Gasteiger partial charge in [0, 0.05) is 5.92 Å². The summed E-state index contributed by atoms with van der Waals surface area (Å²) in [6.07, 6.45) is 2.29. The lowest BCUT2D eigenvalue weighted by atomic mass is 9.83. The number of rotatable bonds is 6. The number of allylic oxidation sites excluding steroid dienone is 1. The summed E-state index contributed by atoms with van der Waals surface area (Å²) in [5.41, 5.74) is 1.12. The molecule has 2 aliphatic rings. The molecule has 0 spiro atoms. The fourth-order valence-corrected chi connectivity index (χ4v) is 3.58. The van der Waals surface area contributed by atoms with Gasteiger partial charge in [-0.05, 0) is 31.7 Å². The Morgan fingerprint density at radius 1 is 1.25 bits per heavy atom. The first kappa shape index (κ1) is 17.6. The Hall–Kier alpha value is -1.20. The summed E-state index contributed by atoms with van der Waals surface area (Å²) in [6, 6.07) is 10.1. The van der Waals surface area contributed by atoms with Crippen LogP contribution in [0.4, 0.5) is 0 Å². The van der Waals surface area contributed by atoms with E-state index in [4.69, 9.17) is 18.9 Å². The molecular weight excluding hydrogens is 304 g/mol. The van der Waals surface area contributed by atoms with Gasteiger partial charge < -0.3 is 18.9 Å². The van der Waals surface area contributed by atoms with Gasteiger partial charge in [0.2, 0.25) is 0 Å². The minimum atomic E-state index is -0.608. The van der Waals surface area contributed by atoms with E-state index in [0.717, 1.165) is 12.0 Å². The van der Waals surface area contributed by atoms with E-state index in [1.165, 1.54) is 0 Å². The second kappa shape index (κ2) is 7.36. The Bertz CT molecular complexity index is 542. The molecule has 0 aliphatic carbocycles. The molecule has 24 heavy (non-hydrogen) atoms. The van der Waals surface area contributed by atoms with Crippen LogP contribution < -0.4 is 0 Å². The van der Waals surface area contributed by atoms with E-state index in [9.17, 15) is 0 Å². The van der Waals surface area contributed by atoms with Crippen molar-refractivity contribution in [3.05, 3.63) is 48.6 Å². The first-order chi connectivity index (χ1) is 11.5. The third-order valence-electron chi connectivity index (χ3n) is 4.83. The normalized spacial score (nSPS) is 33.0. The van der Waals surface area contributed by atoms with Crippen LogP contribution in [-0.4, -0.2) is 30.9 Å². The molecule has 1 aromatic rings. The summed E-state index contributed by atoms with van der Waals surface area (Å²) in [7, 11) is 0. The van der Waals surface area contributed by atoms with Crippen molar-refractivity contribution in [1.82, 2.24) is 0 Å². The summed E-state index contributed by atoms with van der Waals surface area (Å²) in [5.74, 6) is 0.109. The van der Waals surface area contributed by atoms with Crippen molar-refractivity contribution >= 4 is 0 Å². The zero-order valence-electron chi connectivity index (χ0n) is 14.8. The average molecular weight is 332 g/mol. The van der Waals surface area contributed by atoms with E-state index in [2.05, 4.69) is 13.5 Å². The Kier molecular flexibility index (Phi) is 5.40. The first-order valence-corrected chi connectivity index (χ1v) is 8.74. The Labute approximate surface area is 144 Å². The molecular formula is C20H28O4. The molecule has 2 fully saturated rings. The van der Waals surface area contributed by atoms with Crippen LogP contribution in [-0.2, 0) is 25.6 Å². The highest BCUT2D eigenvalue weighted by molar-refractivity contribution is 5.13. The molecule has 0 N–H and O–H groups in total. The molecule has 5 atom stereocenters. The van der Waals surface area contributed by atoms with Crippen LogP contribution in [0.2, 0.25) is 0 Å². The van der Waals surface area contributed by atoms with Crippen molar-refractivity contribution in [3.8, 4) is 0 Å². The highest BCUT2D eigenvalue weighted by Gasteiger charge is 2.53. The molecule has 0 radical (unpaired) electrons. The van der Waals surface area contributed by atoms with E-state index in [1.54, 1.807) is 0 Å². The van der Waals surface area contributed by atoms with Gasteiger partial charge in [0.05, 0.1) is 19.3 Å². The molecule has 2 unspecified atom stereocenters. The molecule has 3 rings (SSSR count). The largest absolute Gasteiger partial charge is 0.349 e. The summed E-state index contributed by atoms with van der Waals surface area (Å²) < 4.78 is 24.4. The molecule has 2 heterocycles.